The van der Waals surface area contributed by atoms with Crippen molar-refractivity contribution in [2.24, 2.45) is 0 Å². The molecule has 5 nitrogen and oxygen atoms in total. The highest BCUT2D eigenvalue weighted by atomic mass is 127. The van der Waals surface area contributed by atoms with Crippen molar-refractivity contribution in [3.8, 4) is 0 Å². The van der Waals surface area contributed by atoms with Gasteiger partial charge in [0.1, 0.15) is 0 Å². The molecule has 0 aliphatic rings. The number of ether oxygens (including phenoxy) is 1. The maximum absolute atomic E-state index is 12.1. The van der Waals surface area contributed by atoms with E-state index in [0.717, 1.165) is 9.13 Å². The molecule has 2 aromatic rings. The Morgan fingerprint density at radius 2 is 1.73 bits per heavy atom. The molecule has 0 radical (unpaired) electrons. The maximum atomic E-state index is 12.1. The highest BCUT2D eigenvalue weighted by molar-refractivity contribution is 14.1. The van der Waals surface area contributed by atoms with Gasteiger partial charge in [-0.15, -0.1) is 0 Å². The lowest BCUT2D eigenvalue weighted by atomic mass is 10.1. The summed E-state index contributed by atoms with van der Waals surface area (Å²) in [6.45, 7) is 1.88. The topological polar surface area (TPSA) is 67.4 Å². The minimum Gasteiger partial charge on any atom is -0.465 e. The molecular formula is C16H15IN2O3. The predicted octanol–water partition coefficient (Wildman–Crippen LogP) is 4.03. The van der Waals surface area contributed by atoms with E-state index in [0.29, 0.717) is 16.9 Å². The molecule has 2 aromatic carbocycles. The molecule has 22 heavy (non-hydrogen) atoms. The van der Waals surface area contributed by atoms with Crippen molar-refractivity contribution in [1.82, 2.24) is 0 Å². The number of rotatable bonds is 3. The number of aryl methyl sites for hydroxylation is 1. The lowest BCUT2D eigenvalue weighted by Gasteiger charge is -2.12. The number of amides is 2. The average Bonchev–Trinajstić information content (AvgIpc) is 2.49. The molecule has 0 fully saturated rings. The van der Waals surface area contributed by atoms with E-state index in [2.05, 4.69) is 33.2 Å². The van der Waals surface area contributed by atoms with Crippen LogP contribution in [-0.4, -0.2) is 19.1 Å². The first-order valence-electron chi connectivity index (χ1n) is 6.52. The Kier molecular flexibility index (Phi) is 5.37. The summed E-state index contributed by atoms with van der Waals surface area (Å²) in [7, 11) is 1.30. The summed E-state index contributed by atoms with van der Waals surface area (Å²) in [5.41, 5.74) is 2.35. The SMILES string of the molecule is COC(=O)c1ccc(C)cc1NC(=O)Nc1ccccc1I. The molecule has 0 bridgehead atoms. The average molecular weight is 410 g/mol. The first kappa shape index (κ1) is 16.3. The summed E-state index contributed by atoms with van der Waals surface area (Å²) in [4.78, 5) is 23.9. The normalized spacial score (nSPS) is 9.95. The number of esters is 1. The van der Waals surface area contributed by atoms with E-state index < -0.39 is 12.0 Å². The number of hydrogen-bond donors (Lipinski definition) is 2. The van der Waals surface area contributed by atoms with E-state index in [1.807, 2.05) is 25.1 Å². The summed E-state index contributed by atoms with van der Waals surface area (Å²) in [5.74, 6) is -0.496. The smallest absolute Gasteiger partial charge is 0.339 e. The van der Waals surface area contributed by atoms with Crippen molar-refractivity contribution in [3.63, 3.8) is 0 Å². The van der Waals surface area contributed by atoms with Crippen LogP contribution >= 0.6 is 22.6 Å². The number of hydrogen-bond acceptors (Lipinski definition) is 3. The van der Waals surface area contributed by atoms with E-state index >= 15 is 0 Å². The van der Waals surface area contributed by atoms with Gasteiger partial charge in [-0.25, -0.2) is 9.59 Å². The second-order valence-corrected chi connectivity index (χ2v) is 5.76. The fourth-order valence-electron chi connectivity index (χ4n) is 1.89. The number of carbonyl (C=O) groups is 2. The second-order valence-electron chi connectivity index (χ2n) is 4.60. The predicted molar refractivity (Wildman–Crippen MR) is 94.3 cm³/mol. The molecule has 0 saturated carbocycles. The Hall–Kier alpha value is -2.09. The summed E-state index contributed by atoms with van der Waals surface area (Å²) >= 11 is 2.14. The van der Waals surface area contributed by atoms with Crippen molar-refractivity contribution in [3.05, 3.63) is 57.2 Å². The van der Waals surface area contributed by atoms with E-state index in [-0.39, 0.29) is 0 Å². The van der Waals surface area contributed by atoms with Crippen molar-refractivity contribution in [2.75, 3.05) is 17.7 Å². The lowest BCUT2D eigenvalue weighted by Crippen LogP contribution is -2.21. The number of urea groups is 1. The van der Waals surface area contributed by atoms with Crippen molar-refractivity contribution < 1.29 is 14.3 Å². The van der Waals surface area contributed by atoms with E-state index in [9.17, 15) is 9.59 Å². The number of benzene rings is 2. The van der Waals surface area contributed by atoms with Crippen LogP contribution in [0, 0.1) is 10.5 Å². The minimum atomic E-state index is -0.496. The first-order chi connectivity index (χ1) is 10.5. The molecule has 6 heteroatoms. The Morgan fingerprint density at radius 1 is 1.05 bits per heavy atom. The quantitative estimate of drug-likeness (QED) is 0.593. The van der Waals surface area contributed by atoms with Gasteiger partial charge in [-0.05, 0) is 59.3 Å². The summed E-state index contributed by atoms with van der Waals surface area (Å²) in [6.07, 6.45) is 0. The van der Waals surface area contributed by atoms with Crippen molar-refractivity contribution in [2.45, 2.75) is 6.92 Å². The summed E-state index contributed by atoms with van der Waals surface area (Å²) < 4.78 is 5.65. The molecule has 0 aliphatic carbocycles. The van der Waals surface area contributed by atoms with Gasteiger partial charge in [0, 0.05) is 3.57 Å². The third-order valence-corrected chi connectivity index (χ3v) is 3.89. The highest BCUT2D eigenvalue weighted by Crippen LogP contribution is 2.20. The molecule has 0 aliphatic heterocycles. The van der Waals surface area contributed by atoms with E-state index in [4.69, 9.17) is 4.74 Å². The molecule has 0 atom stereocenters. The molecule has 0 aromatic heterocycles. The van der Waals surface area contributed by atoms with Gasteiger partial charge in [0.05, 0.1) is 24.0 Å². The van der Waals surface area contributed by atoms with Crippen LogP contribution in [0.25, 0.3) is 0 Å². The zero-order chi connectivity index (χ0) is 16.1. The Balaban J connectivity index is 2.19. The number of halogens is 1. The Morgan fingerprint density at radius 3 is 2.41 bits per heavy atom. The standard InChI is InChI=1S/C16H15IN2O3/c1-10-7-8-11(15(20)22-2)14(9-10)19-16(21)18-13-6-4-3-5-12(13)17/h3-9H,1-2H3,(H2,18,19,21). The second kappa shape index (κ2) is 7.26. The van der Waals surface area contributed by atoms with Crippen molar-refractivity contribution >= 4 is 46.0 Å². The fourth-order valence-corrected chi connectivity index (χ4v) is 2.41. The van der Waals surface area contributed by atoms with E-state index in [1.165, 1.54) is 7.11 Å². The van der Waals surface area contributed by atoms with Gasteiger partial charge in [0.2, 0.25) is 0 Å². The third-order valence-electron chi connectivity index (χ3n) is 2.95. The number of anilines is 2. The zero-order valence-electron chi connectivity index (χ0n) is 12.1. The van der Waals surface area contributed by atoms with Crippen LogP contribution in [0.15, 0.2) is 42.5 Å². The first-order valence-corrected chi connectivity index (χ1v) is 7.60. The van der Waals surface area contributed by atoms with Crippen LogP contribution in [0.3, 0.4) is 0 Å². The van der Waals surface area contributed by atoms with Gasteiger partial charge < -0.3 is 15.4 Å². The van der Waals surface area contributed by atoms with Crippen LogP contribution in [0.2, 0.25) is 0 Å². The van der Waals surface area contributed by atoms with Crippen LogP contribution < -0.4 is 10.6 Å². The molecule has 114 valence electrons. The van der Waals surface area contributed by atoms with E-state index in [1.54, 1.807) is 24.3 Å². The monoisotopic (exact) mass is 410 g/mol. The molecule has 0 heterocycles. The molecule has 2 N–H and O–H groups in total. The minimum absolute atomic E-state index is 0.311. The molecule has 0 spiro atoms. The van der Waals surface area contributed by atoms with Crippen LogP contribution in [0.5, 0.6) is 0 Å². The Bertz CT molecular complexity index is 716. The highest BCUT2D eigenvalue weighted by Gasteiger charge is 2.14. The molecule has 0 unspecified atom stereocenters. The summed E-state index contributed by atoms with van der Waals surface area (Å²) in [5, 5.41) is 5.44. The third kappa shape index (κ3) is 3.97. The van der Waals surface area contributed by atoms with Gasteiger partial charge in [0.25, 0.3) is 0 Å². The van der Waals surface area contributed by atoms with Gasteiger partial charge in [-0.2, -0.15) is 0 Å². The molecule has 2 rings (SSSR count). The van der Waals surface area contributed by atoms with Crippen LogP contribution in [0.1, 0.15) is 15.9 Å². The fraction of sp³-hybridized carbons (Fsp3) is 0.125. The van der Waals surface area contributed by atoms with Gasteiger partial charge in [0.15, 0.2) is 0 Å². The summed E-state index contributed by atoms with van der Waals surface area (Å²) in [6, 6.07) is 12.1. The largest absolute Gasteiger partial charge is 0.465 e. The van der Waals surface area contributed by atoms with Gasteiger partial charge >= 0.3 is 12.0 Å². The molecular weight excluding hydrogens is 395 g/mol. The van der Waals surface area contributed by atoms with Crippen LogP contribution in [-0.2, 0) is 4.74 Å². The van der Waals surface area contributed by atoms with Gasteiger partial charge in [-0.1, -0.05) is 18.2 Å². The lowest BCUT2D eigenvalue weighted by molar-refractivity contribution is 0.0602. The Labute approximate surface area is 142 Å². The molecule has 2 amide bonds. The van der Waals surface area contributed by atoms with Gasteiger partial charge in [-0.3, -0.25) is 0 Å². The van der Waals surface area contributed by atoms with Crippen LogP contribution in [0.4, 0.5) is 16.2 Å². The maximum Gasteiger partial charge on any atom is 0.339 e. The van der Waals surface area contributed by atoms with Crippen molar-refractivity contribution in [1.29, 1.82) is 0 Å². The number of carbonyl (C=O) groups excluding carboxylic acids is 2. The zero-order valence-corrected chi connectivity index (χ0v) is 14.3. The number of para-hydroxylation sites is 1. The number of methoxy groups -OCH3 is 1. The molecule has 0 saturated heterocycles. The number of nitrogens with one attached hydrogen (secondary N) is 2.